The van der Waals surface area contributed by atoms with E-state index in [9.17, 15) is 9.59 Å². The summed E-state index contributed by atoms with van der Waals surface area (Å²) < 4.78 is 3.87. The fourth-order valence-corrected chi connectivity index (χ4v) is 6.83. The van der Waals surface area contributed by atoms with Crippen LogP contribution in [0.15, 0.2) is 97.3 Å². The number of aromatic nitrogens is 6. The molecule has 0 saturated heterocycles. The molecule has 0 bridgehead atoms. The largest absolute Gasteiger partial charge is 0.347 e. The lowest BCUT2D eigenvalue weighted by Crippen LogP contribution is -2.40. The first kappa shape index (κ1) is 44.2. The minimum Gasteiger partial charge on any atom is -0.347 e. The second kappa shape index (κ2) is 16.9. The van der Waals surface area contributed by atoms with E-state index < -0.39 is 0 Å². The van der Waals surface area contributed by atoms with Crippen molar-refractivity contribution < 1.29 is 9.59 Å². The summed E-state index contributed by atoms with van der Waals surface area (Å²) in [5, 5.41) is 24.1. The van der Waals surface area contributed by atoms with E-state index in [4.69, 9.17) is 15.2 Å². The first-order chi connectivity index (χ1) is 28.5. The Morgan fingerprint density at radius 2 is 0.951 bits per heavy atom. The van der Waals surface area contributed by atoms with Crippen molar-refractivity contribution in [2.75, 3.05) is 0 Å². The van der Waals surface area contributed by atoms with Crippen LogP contribution in [0.4, 0.5) is 0 Å². The molecule has 2 N–H and O–H groups in total. The van der Waals surface area contributed by atoms with Gasteiger partial charge < -0.3 is 10.6 Å². The molecule has 1 saturated carbocycles. The van der Waals surface area contributed by atoms with Crippen molar-refractivity contribution in [3.05, 3.63) is 120 Å². The van der Waals surface area contributed by atoms with Gasteiger partial charge in [0.05, 0.1) is 56.9 Å². The highest BCUT2D eigenvalue weighted by molar-refractivity contribution is 5.97. The Hall–Kier alpha value is -6.41. The number of hydrogen-bond donors (Lipinski definition) is 2. The molecular weight excluding hydrogens is 759 g/mol. The number of hydrogen-bond acceptors (Lipinski definition) is 7. The monoisotopic (exact) mass is 817 g/mol. The van der Waals surface area contributed by atoms with Gasteiger partial charge in [0.15, 0.2) is 0 Å². The molecule has 0 radical (unpaired) electrons. The van der Waals surface area contributed by atoms with E-state index in [1.807, 2.05) is 87.3 Å². The zero-order chi connectivity index (χ0) is 44.5. The predicted octanol–water partition coefficient (Wildman–Crippen LogP) is 10.5. The van der Waals surface area contributed by atoms with Gasteiger partial charge in [-0.15, -0.1) is 0 Å². The SMILES string of the molecule is CC(C)(C)NC(=O)c1cc(-c2ccc(C#N)cc2)nc(-c2ccnn2C(C)(C)C)c1.CC(C)(C)NC(=O)c1cc(-c2ccc(C3CC3)cc2)nc(-c2ccnn2C(C)(C)C)c1. The van der Waals surface area contributed by atoms with Gasteiger partial charge in [-0.25, -0.2) is 9.97 Å². The van der Waals surface area contributed by atoms with E-state index in [2.05, 4.69) is 92.7 Å². The number of carbonyl (C=O) groups is 2. The van der Waals surface area contributed by atoms with E-state index in [1.165, 1.54) is 18.4 Å². The van der Waals surface area contributed by atoms with Crippen molar-refractivity contribution in [2.24, 2.45) is 0 Å². The molecule has 61 heavy (non-hydrogen) atoms. The molecule has 4 aromatic heterocycles. The van der Waals surface area contributed by atoms with Crippen molar-refractivity contribution in [1.29, 1.82) is 5.26 Å². The van der Waals surface area contributed by atoms with Crippen LogP contribution < -0.4 is 10.6 Å². The quantitative estimate of drug-likeness (QED) is 0.163. The predicted molar refractivity (Wildman–Crippen MR) is 243 cm³/mol. The van der Waals surface area contributed by atoms with Crippen LogP contribution in [0, 0.1) is 11.3 Å². The van der Waals surface area contributed by atoms with Crippen molar-refractivity contribution >= 4 is 11.8 Å². The molecule has 0 atom stereocenters. The maximum absolute atomic E-state index is 13.0. The molecule has 2 aromatic carbocycles. The fourth-order valence-electron chi connectivity index (χ4n) is 6.83. The van der Waals surface area contributed by atoms with Gasteiger partial charge in [0.25, 0.3) is 11.8 Å². The number of benzene rings is 2. The van der Waals surface area contributed by atoms with Gasteiger partial charge in [0, 0.05) is 45.7 Å². The smallest absolute Gasteiger partial charge is 0.251 e. The second-order valence-electron chi connectivity index (χ2n) is 19.8. The topological polar surface area (TPSA) is 143 Å². The van der Waals surface area contributed by atoms with Gasteiger partial charge in [0.1, 0.15) is 0 Å². The molecule has 2 amide bonds. The molecule has 7 rings (SSSR count). The lowest BCUT2D eigenvalue weighted by molar-refractivity contribution is 0.0910. The lowest BCUT2D eigenvalue weighted by Gasteiger charge is -2.23. The minimum absolute atomic E-state index is 0.103. The van der Waals surface area contributed by atoms with Crippen molar-refractivity contribution in [3.8, 4) is 51.4 Å². The van der Waals surface area contributed by atoms with Crippen molar-refractivity contribution in [1.82, 2.24) is 40.2 Å². The van der Waals surface area contributed by atoms with Crippen molar-refractivity contribution in [3.63, 3.8) is 0 Å². The third-order valence-corrected chi connectivity index (χ3v) is 9.80. The average molecular weight is 818 g/mol. The Bertz CT molecular complexity index is 2560. The van der Waals surface area contributed by atoms with Crippen LogP contribution in [0.25, 0.3) is 45.3 Å². The van der Waals surface area contributed by atoms with Crippen LogP contribution in [-0.4, -0.2) is 52.4 Å². The standard InChI is InChI=1S/C26H32N4O.C24H27N5O/c1-25(2,3)29-24(31)20-15-21(19-11-9-18(10-12-19)17-7-8-17)28-22(16-20)23-13-14-27-30(23)26(4,5)6;1-23(2,3)28-22(30)18-13-19(17-9-7-16(15-25)8-10-17)27-20(14-18)21-11-12-26-29(21)24(4,5)6/h9-17H,7-8H2,1-6H3,(H,29,31);7-14H,1-6H3,(H,28,30). The number of rotatable bonds is 7. The molecular formula is C50H59N9O2. The summed E-state index contributed by atoms with van der Waals surface area (Å²) in [7, 11) is 0. The Kier molecular flexibility index (Phi) is 12.2. The summed E-state index contributed by atoms with van der Waals surface area (Å²) in [4.78, 5) is 35.8. The Balaban J connectivity index is 0.000000204. The van der Waals surface area contributed by atoms with Crippen LogP contribution in [-0.2, 0) is 11.1 Å². The molecule has 0 unspecified atom stereocenters. The van der Waals surface area contributed by atoms with Gasteiger partial charge in [-0.1, -0.05) is 36.4 Å². The third-order valence-electron chi connectivity index (χ3n) is 9.80. The van der Waals surface area contributed by atoms with Crippen LogP contribution in [0.2, 0.25) is 0 Å². The van der Waals surface area contributed by atoms with E-state index in [-0.39, 0.29) is 34.0 Å². The summed E-state index contributed by atoms with van der Waals surface area (Å²) in [6, 6.07) is 29.1. The summed E-state index contributed by atoms with van der Waals surface area (Å²) in [5.74, 6) is 0.444. The summed E-state index contributed by atoms with van der Waals surface area (Å²) in [6.45, 7) is 24.3. The molecule has 0 aliphatic heterocycles. The van der Waals surface area contributed by atoms with Crippen LogP contribution in [0.3, 0.4) is 0 Å². The highest BCUT2D eigenvalue weighted by atomic mass is 16.2. The van der Waals surface area contributed by atoms with Gasteiger partial charge in [-0.2, -0.15) is 15.5 Å². The number of amides is 2. The van der Waals surface area contributed by atoms with Gasteiger partial charge in [-0.05, 0) is 156 Å². The summed E-state index contributed by atoms with van der Waals surface area (Å²) in [6.07, 6.45) is 6.09. The molecule has 11 heteroatoms. The molecule has 6 aromatic rings. The Morgan fingerprint density at radius 1 is 0.574 bits per heavy atom. The number of nitrogens with one attached hydrogen (secondary N) is 2. The number of carbonyl (C=O) groups excluding carboxylic acids is 2. The number of nitriles is 1. The number of nitrogens with zero attached hydrogens (tertiary/aromatic N) is 7. The first-order valence-corrected chi connectivity index (χ1v) is 20.9. The molecule has 1 aliphatic carbocycles. The van der Waals surface area contributed by atoms with Crippen LogP contribution in [0.5, 0.6) is 0 Å². The van der Waals surface area contributed by atoms with Crippen molar-refractivity contribution in [2.45, 2.75) is 124 Å². The average Bonchev–Trinajstić information content (AvgIpc) is 3.66. The lowest BCUT2D eigenvalue weighted by atomic mass is 10.0. The van der Waals surface area contributed by atoms with Crippen LogP contribution >= 0.6 is 0 Å². The zero-order valence-electron chi connectivity index (χ0n) is 37.7. The first-order valence-electron chi connectivity index (χ1n) is 20.9. The maximum Gasteiger partial charge on any atom is 0.251 e. The maximum atomic E-state index is 13.0. The molecule has 4 heterocycles. The fraction of sp³-hybridized carbons (Fsp3) is 0.380. The Morgan fingerprint density at radius 3 is 1.30 bits per heavy atom. The van der Waals surface area contributed by atoms with E-state index in [0.29, 0.717) is 34.0 Å². The minimum atomic E-state index is -0.359. The third kappa shape index (κ3) is 11.3. The van der Waals surface area contributed by atoms with Gasteiger partial charge >= 0.3 is 0 Å². The summed E-state index contributed by atoms with van der Waals surface area (Å²) in [5.41, 5.74) is 8.42. The normalized spacial score (nSPS) is 13.2. The van der Waals surface area contributed by atoms with Crippen LogP contribution in [0.1, 0.15) is 134 Å². The second-order valence-corrected chi connectivity index (χ2v) is 19.8. The molecule has 316 valence electrons. The van der Waals surface area contributed by atoms with Gasteiger partial charge in [0.2, 0.25) is 0 Å². The van der Waals surface area contributed by atoms with Gasteiger partial charge in [-0.3, -0.25) is 19.0 Å². The Labute approximate surface area is 360 Å². The highest BCUT2D eigenvalue weighted by Gasteiger charge is 2.26. The van der Waals surface area contributed by atoms with E-state index >= 15 is 0 Å². The summed E-state index contributed by atoms with van der Waals surface area (Å²) >= 11 is 0. The highest BCUT2D eigenvalue weighted by Crippen LogP contribution is 2.40. The molecule has 1 fully saturated rings. The zero-order valence-corrected chi connectivity index (χ0v) is 37.7. The molecule has 1 aliphatic rings. The van der Waals surface area contributed by atoms with E-state index in [0.717, 1.165) is 33.9 Å². The van der Waals surface area contributed by atoms with E-state index in [1.54, 1.807) is 36.7 Å². The molecule has 0 spiro atoms. The molecule has 11 nitrogen and oxygen atoms in total. The number of pyridine rings is 2.